The summed E-state index contributed by atoms with van der Waals surface area (Å²) in [4.78, 5) is 13.0. The molecule has 0 aromatic rings. The number of fused-ring (bicyclic) bond motifs is 3. The number of ketones is 1. The molecule has 5 atom stereocenters. The minimum absolute atomic E-state index is 0.00875. The van der Waals surface area contributed by atoms with Crippen LogP contribution in [-0.4, -0.2) is 40.4 Å². The first-order chi connectivity index (χ1) is 11.3. The van der Waals surface area contributed by atoms with Crippen LogP contribution in [0.15, 0.2) is 22.8 Å². The fourth-order valence-corrected chi connectivity index (χ4v) is 5.25. The Morgan fingerprint density at radius 1 is 1.25 bits per heavy atom. The Morgan fingerprint density at radius 3 is 2.58 bits per heavy atom. The van der Waals surface area contributed by atoms with Crippen LogP contribution in [0.5, 0.6) is 0 Å². The summed E-state index contributed by atoms with van der Waals surface area (Å²) in [6, 6.07) is 0. The van der Waals surface area contributed by atoms with E-state index in [1.807, 2.05) is 13.8 Å². The van der Waals surface area contributed by atoms with Crippen molar-refractivity contribution in [1.29, 1.82) is 0 Å². The summed E-state index contributed by atoms with van der Waals surface area (Å²) in [5.74, 6) is 0.126. The van der Waals surface area contributed by atoms with Gasteiger partial charge in [-0.2, -0.15) is 0 Å². The van der Waals surface area contributed by atoms with Gasteiger partial charge in [-0.3, -0.25) is 4.79 Å². The highest BCUT2D eigenvalue weighted by atomic mass is 16.3. The Kier molecular flexibility index (Phi) is 4.52. The van der Waals surface area contributed by atoms with Crippen LogP contribution in [0.2, 0.25) is 0 Å². The van der Waals surface area contributed by atoms with Crippen LogP contribution in [0.1, 0.15) is 52.9 Å². The molecule has 1 fully saturated rings. The van der Waals surface area contributed by atoms with Gasteiger partial charge in [0.15, 0.2) is 5.78 Å². The van der Waals surface area contributed by atoms with Gasteiger partial charge in [-0.15, -0.1) is 0 Å². The molecule has 0 aromatic heterocycles. The van der Waals surface area contributed by atoms with Crippen molar-refractivity contribution in [2.45, 2.75) is 59.0 Å². The van der Waals surface area contributed by atoms with Crippen molar-refractivity contribution in [3.05, 3.63) is 22.8 Å². The molecular formula is C20H30O4. The third kappa shape index (κ3) is 2.51. The molecule has 0 unspecified atom stereocenters. The summed E-state index contributed by atoms with van der Waals surface area (Å²) in [7, 11) is 0. The average Bonchev–Trinajstić information content (AvgIpc) is 2.87. The van der Waals surface area contributed by atoms with Gasteiger partial charge in [-0.25, -0.2) is 0 Å². The molecule has 3 aliphatic carbocycles. The number of hydrogen-bond donors (Lipinski definition) is 3. The highest BCUT2D eigenvalue weighted by molar-refractivity contribution is 5.96. The van der Waals surface area contributed by atoms with Crippen molar-refractivity contribution in [2.24, 2.45) is 22.7 Å². The Hall–Kier alpha value is -0.970. The lowest BCUT2D eigenvalue weighted by molar-refractivity contribution is -0.127. The number of carbonyl (C=O) groups excluding carboxylic acids is 1. The predicted octanol–water partition coefficient (Wildman–Crippen LogP) is 2.38. The van der Waals surface area contributed by atoms with Crippen LogP contribution >= 0.6 is 0 Å². The summed E-state index contributed by atoms with van der Waals surface area (Å²) < 4.78 is 0. The molecule has 0 saturated heterocycles. The van der Waals surface area contributed by atoms with E-state index in [0.717, 1.165) is 25.7 Å². The molecule has 0 bridgehead atoms. The van der Waals surface area contributed by atoms with Crippen molar-refractivity contribution in [3.8, 4) is 0 Å². The van der Waals surface area contributed by atoms with E-state index in [9.17, 15) is 20.1 Å². The van der Waals surface area contributed by atoms with E-state index in [-0.39, 0.29) is 36.2 Å². The molecule has 24 heavy (non-hydrogen) atoms. The molecule has 0 spiro atoms. The second-order valence-electron chi connectivity index (χ2n) is 8.55. The zero-order valence-corrected chi connectivity index (χ0v) is 15.0. The second kappa shape index (κ2) is 6.08. The van der Waals surface area contributed by atoms with Gasteiger partial charge in [0.05, 0.1) is 12.7 Å². The third-order valence-corrected chi connectivity index (χ3v) is 7.07. The molecule has 3 rings (SSSR count). The van der Waals surface area contributed by atoms with Crippen molar-refractivity contribution in [3.63, 3.8) is 0 Å². The normalized spacial score (nSPS) is 40.8. The molecule has 0 radical (unpaired) electrons. The van der Waals surface area contributed by atoms with E-state index in [2.05, 4.69) is 6.92 Å². The zero-order valence-electron chi connectivity index (χ0n) is 15.0. The summed E-state index contributed by atoms with van der Waals surface area (Å²) in [6.45, 7) is 6.20. The van der Waals surface area contributed by atoms with E-state index in [1.54, 1.807) is 0 Å². The van der Waals surface area contributed by atoms with Crippen molar-refractivity contribution in [1.82, 2.24) is 0 Å². The van der Waals surface area contributed by atoms with Gasteiger partial charge in [-0.05, 0) is 55.1 Å². The standard InChI is InChI=1S/C20H30O4/c1-12(10-21)14-4-5-19(2)6-7-20(3)15(18(14)19)9-16(23)13(11-22)8-17(20)24/h8,12,15-16,21-23H,4-7,9-11H2,1-3H3/t12-,15-,16-,19-,20-/m1/s1. The van der Waals surface area contributed by atoms with Gasteiger partial charge in [-0.1, -0.05) is 31.9 Å². The topological polar surface area (TPSA) is 77.8 Å². The lowest BCUT2D eigenvalue weighted by atomic mass is 9.54. The fraction of sp³-hybridized carbons (Fsp3) is 0.750. The Morgan fingerprint density at radius 2 is 1.96 bits per heavy atom. The lowest BCUT2D eigenvalue weighted by Crippen LogP contribution is -2.44. The zero-order chi connectivity index (χ0) is 17.7. The maximum Gasteiger partial charge on any atom is 0.162 e. The van der Waals surface area contributed by atoms with Crippen molar-refractivity contribution >= 4 is 5.78 Å². The monoisotopic (exact) mass is 334 g/mol. The third-order valence-electron chi connectivity index (χ3n) is 7.07. The molecule has 3 aliphatic rings. The number of aliphatic hydroxyl groups excluding tert-OH is 3. The van der Waals surface area contributed by atoms with E-state index in [0.29, 0.717) is 12.0 Å². The first kappa shape index (κ1) is 17.8. The largest absolute Gasteiger partial charge is 0.396 e. The molecular weight excluding hydrogens is 304 g/mol. The van der Waals surface area contributed by atoms with Crippen LogP contribution in [0.3, 0.4) is 0 Å². The number of carbonyl (C=O) groups is 1. The van der Waals surface area contributed by atoms with Gasteiger partial charge >= 0.3 is 0 Å². The van der Waals surface area contributed by atoms with Crippen LogP contribution in [0, 0.1) is 22.7 Å². The van der Waals surface area contributed by atoms with Gasteiger partial charge < -0.3 is 15.3 Å². The summed E-state index contributed by atoms with van der Waals surface area (Å²) in [5, 5.41) is 29.7. The molecule has 0 aliphatic heterocycles. The predicted molar refractivity (Wildman–Crippen MR) is 92.2 cm³/mol. The molecule has 0 heterocycles. The van der Waals surface area contributed by atoms with E-state index in [1.165, 1.54) is 17.2 Å². The van der Waals surface area contributed by atoms with Gasteiger partial charge in [0, 0.05) is 17.9 Å². The number of hydrogen-bond acceptors (Lipinski definition) is 4. The molecule has 134 valence electrons. The lowest BCUT2D eigenvalue weighted by Gasteiger charge is -2.49. The Balaban J connectivity index is 2.12. The number of allylic oxidation sites excluding steroid dienone is 2. The molecule has 0 amide bonds. The Labute approximate surface area is 144 Å². The van der Waals surface area contributed by atoms with E-state index >= 15 is 0 Å². The minimum Gasteiger partial charge on any atom is -0.396 e. The summed E-state index contributed by atoms with van der Waals surface area (Å²) in [6.07, 6.45) is 5.04. The molecule has 0 aromatic carbocycles. The minimum atomic E-state index is -0.771. The van der Waals surface area contributed by atoms with Crippen LogP contribution in [0.25, 0.3) is 0 Å². The van der Waals surface area contributed by atoms with E-state index < -0.39 is 11.5 Å². The summed E-state index contributed by atoms with van der Waals surface area (Å²) >= 11 is 0. The average molecular weight is 334 g/mol. The highest BCUT2D eigenvalue weighted by Crippen LogP contribution is 2.62. The quantitative estimate of drug-likeness (QED) is 0.693. The Bertz CT molecular complexity index is 605. The van der Waals surface area contributed by atoms with Crippen LogP contribution in [0.4, 0.5) is 0 Å². The number of aliphatic hydroxyl groups is 3. The number of rotatable bonds is 3. The maximum atomic E-state index is 13.0. The first-order valence-electron chi connectivity index (χ1n) is 9.15. The molecule has 3 N–H and O–H groups in total. The van der Waals surface area contributed by atoms with Crippen molar-refractivity contribution < 1.29 is 20.1 Å². The van der Waals surface area contributed by atoms with Gasteiger partial charge in [0.25, 0.3) is 0 Å². The summed E-state index contributed by atoms with van der Waals surface area (Å²) in [5.41, 5.74) is 2.61. The molecule has 4 heteroatoms. The van der Waals surface area contributed by atoms with Crippen LogP contribution < -0.4 is 0 Å². The fourth-order valence-electron chi connectivity index (χ4n) is 5.25. The van der Waals surface area contributed by atoms with Crippen LogP contribution in [-0.2, 0) is 4.79 Å². The maximum absolute atomic E-state index is 13.0. The van der Waals surface area contributed by atoms with Gasteiger partial charge in [0.1, 0.15) is 0 Å². The van der Waals surface area contributed by atoms with Gasteiger partial charge in [0.2, 0.25) is 0 Å². The highest BCUT2D eigenvalue weighted by Gasteiger charge is 2.55. The smallest absolute Gasteiger partial charge is 0.162 e. The molecule has 4 nitrogen and oxygen atoms in total. The second-order valence-corrected chi connectivity index (χ2v) is 8.55. The van der Waals surface area contributed by atoms with Crippen molar-refractivity contribution in [2.75, 3.05) is 13.2 Å². The first-order valence-corrected chi connectivity index (χ1v) is 9.15. The van der Waals surface area contributed by atoms with E-state index in [4.69, 9.17) is 0 Å². The SMILES string of the molecule is C[C@H](CO)C1=C2[C@H]3C[C@@H](O)C(CO)=CC(=O)[C@]3(C)CC[C@@]2(C)CC1. The molecule has 1 saturated carbocycles.